The second-order valence-electron chi connectivity index (χ2n) is 4.24. The number of hydrogen-bond donors (Lipinski definition) is 1. The summed E-state index contributed by atoms with van der Waals surface area (Å²) in [4.78, 5) is 0. The third kappa shape index (κ3) is 2.00. The topological polar surface area (TPSA) is 45.1 Å². The summed E-state index contributed by atoms with van der Waals surface area (Å²) >= 11 is 0. The van der Waals surface area contributed by atoms with E-state index in [0.717, 1.165) is 11.1 Å². The highest BCUT2D eigenvalue weighted by molar-refractivity contribution is 6.05. The normalized spacial score (nSPS) is 22.8. The van der Waals surface area contributed by atoms with E-state index >= 15 is 0 Å². The molecule has 2 atom stereocenters. The van der Waals surface area contributed by atoms with Crippen LogP contribution >= 0.6 is 0 Å². The summed E-state index contributed by atoms with van der Waals surface area (Å²) in [7, 11) is 0. The Morgan fingerprint density at radius 1 is 0.944 bits per heavy atom. The third-order valence-corrected chi connectivity index (χ3v) is 3.07. The lowest BCUT2D eigenvalue weighted by atomic mass is 10.0. The average Bonchev–Trinajstić information content (AvgIpc) is 3.22. The van der Waals surface area contributed by atoms with Gasteiger partial charge in [-0.3, -0.25) is 0 Å². The zero-order valence-electron chi connectivity index (χ0n) is 9.73. The molecule has 0 amide bonds. The van der Waals surface area contributed by atoms with Gasteiger partial charge in [0, 0.05) is 5.56 Å². The van der Waals surface area contributed by atoms with Crippen LogP contribution in [0.25, 0.3) is 0 Å². The van der Waals surface area contributed by atoms with Gasteiger partial charge in [-0.1, -0.05) is 65.8 Å². The molecule has 0 aliphatic carbocycles. The Bertz CT molecular complexity index is 551. The Kier molecular flexibility index (Phi) is 2.82. The lowest BCUT2D eigenvalue weighted by Gasteiger charge is -2.00. The SMILES string of the molecule is ON=C(c1ccccc1)C1OC1c1ccccc1. The molecule has 0 aromatic heterocycles. The molecular formula is C15H13NO2. The van der Waals surface area contributed by atoms with Gasteiger partial charge in [-0.15, -0.1) is 0 Å². The summed E-state index contributed by atoms with van der Waals surface area (Å²) in [6.07, 6.45) is -0.155. The first kappa shape index (κ1) is 11.0. The van der Waals surface area contributed by atoms with Crippen LogP contribution in [-0.4, -0.2) is 17.0 Å². The maximum absolute atomic E-state index is 9.16. The molecule has 1 saturated heterocycles. The Morgan fingerprint density at radius 3 is 2.17 bits per heavy atom. The molecule has 90 valence electrons. The summed E-state index contributed by atoms with van der Waals surface area (Å²) in [5.41, 5.74) is 2.59. The van der Waals surface area contributed by atoms with Crippen molar-refractivity contribution in [2.24, 2.45) is 5.16 Å². The third-order valence-electron chi connectivity index (χ3n) is 3.07. The molecule has 0 bridgehead atoms. The van der Waals surface area contributed by atoms with E-state index in [2.05, 4.69) is 5.16 Å². The lowest BCUT2D eigenvalue weighted by molar-refractivity contribution is 0.314. The summed E-state index contributed by atoms with van der Waals surface area (Å²) in [6, 6.07) is 19.6. The molecular weight excluding hydrogens is 226 g/mol. The second kappa shape index (κ2) is 4.63. The predicted octanol–water partition coefficient (Wildman–Crippen LogP) is 3.01. The van der Waals surface area contributed by atoms with E-state index in [0.29, 0.717) is 5.71 Å². The fourth-order valence-electron chi connectivity index (χ4n) is 2.10. The molecule has 3 rings (SSSR count). The van der Waals surface area contributed by atoms with Gasteiger partial charge in [0.15, 0.2) is 0 Å². The Labute approximate surface area is 105 Å². The lowest BCUT2D eigenvalue weighted by Crippen LogP contribution is -2.09. The average molecular weight is 239 g/mol. The van der Waals surface area contributed by atoms with Crippen molar-refractivity contribution in [3.63, 3.8) is 0 Å². The zero-order chi connectivity index (χ0) is 12.4. The number of epoxide rings is 1. The highest BCUT2D eigenvalue weighted by atomic mass is 16.6. The van der Waals surface area contributed by atoms with E-state index in [-0.39, 0.29) is 12.2 Å². The van der Waals surface area contributed by atoms with Gasteiger partial charge in [0.2, 0.25) is 0 Å². The molecule has 1 aliphatic rings. The van der Waals surface area contributed by atoms with Crippen LogP contribution in [0.3, 0.4) is 0 Å². The molecule has 2 unspecified atom stereocenters. The number of benzene rings is 2. The van der Waals surface area contributed by atoms with Gasteiger partial charge in [-0.05, 0) is 5.56 Å². The van der Waals surface area contributed by atoms with Crippen molar-refractivity contribution in [2.45, 2.75) is 12.2 Å². The van der Waals surface area contributed by atoms with Gasteiger partial charge in [0.25, 0.3) is 0 Å². The second-order valence-corrected chi connectivity index (χ2v) is 4.24. The van der Waals surface area contributed by atoms with E-state index in [9.17, 15) is 0 Å². The van der Waals surface area contributed by atoms with Crippen LogP contribution in [0.4, 0.5) is 0 Å². The van der Waals surface area contributed by atoms with Gasteiger partial charge >= 0.3 is 0 Å². The van der Waals surface area contributed by atoms with Crippen LogP contribution < -0.4 is 0 Å². The fraction of sp³-hybridized carbons (Fsp3) is 0.133. The molecule has 18 heavy (non-hydrogen) atoms. The Hall–Kier alpha value is -2.13. The van der Waals surface area contributed by atoms with Crippen molar-refractivity contribution in [3.8, 4) is 0 Å². The van der Waals surface area contributed by atoms with Crippen molar-refractivity contribution in [3.05, 3.63) is 71.8 Å². The van der Waals surface area contributed by atoms with Crippen LogP contribution in [0.2, 0.25) is 0 Å². The molecule has 1 fully saturated rings. The standard InChI is InChI=1S/C15H13NO2/c17-16-13(11-7-3-1-4-8-11)15-14(18-15)12-9-5-2-6-10-12/h1-10,14-15,17H. The Morgan fingerprint density at radius 2 is 1.56 bits per heavy atom. The van der Waals surface area contributed by atoms with E-state index in [1.54, 1.807) is 0 Å². The predicted molar refractivity (Wildman–Crippen MR) is 68.8 cm³/mol. The summed E-state index contributed by atoms with van der Waals surface area (Å²) in [5.74, 6) is 0. The van der Waals surface area contributed by atoms with Crippen molar-refractivity contribution in [2.75, 3.05) is 0 Å². The van der Waals surface area contributed by atoms with Gasteiger partial charge in [-0.2, -0.15) is 0 Å². The quantitative estimate of drug-likeness (QED) is 0.387. The summed E-state index contributed by atoms with van der Waals surface area (Å²) in [5, 5.41) is 12.6. The van der Waals surface area contributed by atoms with Crippen molar-refractivity contribution < 1.29 is 9.94 Å². The molecule has 0 radical (unpaired) electrons. The molecule has 1 N–H and O–H groups in total. The number of rotatable bonds is 3. The largest absolute Gasteiger partial charge is 0.411 e. The Balaban J connectivity index is 1.82. The molecule has 3 nitrogen and oxygen atoms in total. The van der Waals surface area contributed by atoms with Crippen LogP contribution in [-0.2, 0) is 4.74 Å². The van der Waals surface area contributed by atoms with Gasteiger partial charge in [0.05, 0.1) is 0 Å². The first-order valence-corrected chi connectivity index (χ1v) is 5.88. The molecule has 0 spiro atoms. The van der Waals surface area contributed by atoms with Crippen molar-refractivity contribution in [1.29, 1.82) is 0 Å². The first-order valence-electron chi connectivity index (χ1n) is 5.88. The minimum Gasteiger partial charge on any atom is -0.411 e. The minimum absolute atomic E-state index is 0.00249. The molecule has 2 aromatic rings. The van der Waals surface area contributed by atoms with Gasteiger partial charge in [-0.25, -0.2) is 0 Å². The van der Waals surface area contributed by atoms with E-state index in [1.165, 1.54) is 0 Å². The monoisotopic (exact) mass is 239 g/mol. The molecule has 1 aliphatic heterocycles. The number of hydrogen-bond acceptors (Lipinski definition) is 3. The van der Waals surface area contributed by atoms with E-state index in [1.807, 2.05) is 60.7 Å². The van der Waals surface area contributed by atoms with Crippen LogP contribution in [0.5, 0.6) is 0 Å². The first-order chi connectivity index (χ1) is 8.90. The highest BCUT2D eigenvalue weighted by Gasteiger charge is 2.44. The molecule has 3 heteroatoms. The number of oxime groups is 1. The maximum Gasteiger partial charge on any atom is 0.135 e. The molecule has 1 heterocycles. The highest BCUT2D eigenvalue weighted by Crippen LogP contribution is 2.40. The molecule has 0 saturated carbocycles. The van der Waals surface area contributed by atoms with Crippen molar-refractivity contribution in [1.82, 2.24) is 0 Å². The smallest absolute Gasteiger partial charge is 0.135 e. The number of ether oxygens (including phenoxy) is 1. The number of nitrogens with zero attached hydrogens (tertiary/aromatic N) is 1. The summed E-state index contributed by atoms with van der Waals surface area (Å²) in [6.45, 7) is 0. The van der Waals surface area contributed by atoms with Gasteiger partial charge < -0.3 is 9.94 Å². The van der Waals surface area contributed by atoms with Crippen LogP contribution in [0.15, 0.2) is 65.8 Å². The van der Waals surface area contributed by atoms with Crippen molar-refractivity contribution >= 4 is 5.71 Å². The van der Waals surface area contributed by atoms with Crippen LogP contribution in [0, 0.1) is 0 Å². The zero-order valence-corrected chi connectivity index (χ0v) is 9.73. The molecule has 2 aromatic carbocycles. The van der Waals surface area contributed by atoms with E-state index in [4.69, 9.17) is 9.94 Å². The van der Waals surface area contributed by atoms with Gasteiger partial charge in [0.1, 0.15) is 17.9 Å². The van der Waals surface area contributed by atoms with Crippen LogP contribution in [0.1, 0.15) is 17.2 Å². The van der Waals surface area contributed by atoms with E-state index < -0.39 is 0 Å². The summed E-state index contributed by atoms with van der Waals surface area (Å²) < 4.78 is 5.62. The maximum atomic E-state index is 9.16. The fourth-order valence-corrected chi connectivity index (χ4v) is 2.10. The minimum atomic E-state index is -0.153.